The molecule has 0 unspecified atom stereocenters. The maximum atomic E-state index is 6.51. The first kappa shape index (κ1) is 28.5. The van der Waals surface area contributed by atoms with Crippen LogP contribution >= 0.6 is 11.3 Å². The molecular formula is C44H26N4OS. The molecule has 0 aliphatic carbocycles. The monoisotopic (exact) mass is 658 g/mol. The molecule has 0 radical (unpaired) electrons. The zero-order chi connectivity index (χ0) is 33.0. The minimum Gasteiger partial charge on any atom is -0.436 e. The fourth-order valence-electron chi connectivity index (χ4n) is 6.82. The van der Waals surface area contributed by atoms with Gasteiger partial charge in [0.05, 0.1) is 0 Å². The number of benzene rings is 7. The molecule has 0 amide bonds. The lowest BCUT2D eigenvalue weighted by Crippen LogP contribution is -2.00. The molecule has 0 bridgehead atoms. The maximum absolute atomic E-state index is 6.51. The second-order valence-electron chi connectivity index (χ2n) is 12.2. The summed E-state index contributed by atoms with van der Waals surface area (Å²) in [4.78, 5) is 20.4. The molecule has 0 atom stereocenters. The molecule has 0 aliphatic heterocycles. The van der Waals surface area contributed by atoms with Crippen LogP contribution in [0.4, 0.5) is 0 Å². The van der Waals surface area contributed by atoms with Crippen molar-refractivity contribution in [3.05, 3.63) is 158 Å². The van der Waals surface area contributed by atoms with Gasteiger partial charge in [-0.1, -0.05) is 121 Å². The minimum atomic E-state index is 0.599. The lowest BCUT2D eigenvalue weighted by molar-refractivity contribution is 0.620. The number of nitrogens with zero attached hydrogens (tertiary/aromatic N) is 4. The van der Waals surface area contributed by atoms with Crippen LogP contribution < -0.4 is 0 Å². The highest BCUT2D eigenvalue weighted by Gasteiger charge is 2.22. The van der Waals surface area contributed by atoms with Crippen LogP contribution in [-0.2, 0) is 0 Å². The van der Waals surface area contributed by atoms with Crippen molar-refractivity contribution in [2.24, 2.45) is 0 Å². The summed E-state index contributed by atoms with van der Waals surface area (Å²) in [6.07, 6.45) is 0. The Balaban J connectivity index is 1.29. The summed E-state index contributed by atoms with van der Waals surface area (Å²) in [6.45, 7) is 0. The predicted molar refractivity (Wildman–Crippen MR) is 205 cm³/mol. The largest absolute Gasteiger partial charge is 0.436 e. The molecule has 0 saturated carbocycles. The van der Waals surface area contributed by atoms with E-state index in [1.54, 1.807) is 11.3 Å². The molecule has 3 heterocycles. The Hall–Kier alpha value is -6.50. The highest BCUT2D eigenvalue weighted by molar-refractivity contribution is 7.26. The highest BCUT2D eigenvalue weighted by atomic mass is 32.1. The molecule has 0 spiro atoms. The first-order valence-electron chi connectivity index (χ1n) is 16.5. The maximum Gasteiger partial charge on any atom is 0.227 e. The summed E-state index contributed by atoms with van der Waals surface area (Å²) >= 11 is 1.77. The van der Waals surface area contributed by atoms with Crippen LogP contribution in [0.1, 0.15) is 0 Å². The van der Waals surface area contributed by atoms with Crippen LogP contribution in [0.15, 0.2) is 162 Å². The van der Waals surface area contributed by atoms with E-state index in [9.17, 15) is 0 Å². The van der Waals surface area contributed by atoms with Gasteiger partial charge in [0.1, 0.15) is 5.52 Å². The van der Waals surface area contributed by atoms with Crippen molar-refractivity contribution in [2.45, 2.75) is 0 Å². The molecule has 234 valence electrons. The van der Waals surface area contributed by atoms with Gasteiger partial charge in [0.2, 0.25) is 5.89 Å². The van der Waals surface area contributed by atoms with Gasteiger partial charge in [-0.2, -0.15) is 0 Å². The summed E-state index contributed by atoms with van der Waals surface area (Å²) in [5.41, 5.74) is 7.36. The van der Waals surface area contributed by atoms with E-state index in [1.165, 1.54) is 10.1 Å². The molecule has 7 aromatic carbocycles. The second-order valence-corrected chi connectivity index (χ2v) is 13.3. The zero-order valence-electron chi connectivity index (χ0n) is 26.6. The number of hydrogen-bond donors (Lipinski definition) is 0. The quantitative estimate of drug-likeness (QED) is 0.184. The van der Waals surface area contributed by atoms with E-state index in [-0.39, 0.29) is 0 Å². The number of thiophene rings is 1. The third kappa shape index (κ3) is 4.77. The van der Waals surface area contributed by atoms with Gasteiger partial charge in [0.15, 0.2) is 23.1 Å². The fourth-order valence-corrected chi connectivity index (χ4v) is 7.97. The van der Waals surface area contributed by atoms with Crippen molar-refractivity contribution in [3.8, 4) is 56.7 Å². The average molecular weight is 659 g/mol. The average Bonchev–Trinajstić information content (AvgIpc) is 3.79. The molecule has 3 aromatic heterocycles. The van der Waals surface area contributed by atoms with Crippen LogP contribution in [0.25, 0.3) is 98.8 Å². The molecule has 10 aromatic rings. The van der Waals surface area contributed by atoms with Crippen LogP contribution in [-0.4, -0.2) is 19.9 Å². The number of fused-ring (bicyclic) bond motifs is 5. The number of hydrogen-bond acceptors (Lipinski definition) is 6. The Morgan fingerprint density at radius 1 is 0.440 bits per heavy atom. The number of oxazole rings is 1. The third-order valence-electron chi connectivity index (χ3n) is 9.14. The summed E-state index contributed by atoms with van der Waals surface area (Å²) in [5, 5.41) is 4.50. The van der Waals surface area contributed by atoms with Crippen LogP contribution in [0.5, 0.6) is 0 Å². The lowest BCUT2D eigenvalue weighted by Gasteiger charge is -2.13. The Bertz CT molecular complexity index is 2810. The highest BCUT2D eigenvalue weighted by Crippen LogP contribution is 2.46. The molecule has 0 fully saturated rings. The smallest absolute Gasteiger partial charge is 0.227 e. The molecule has 50 heavy (non-hydrogen) atoms. The summed E-state index contributed by atoms with van der Waals surface area (Å²) in [5.74, 6) is 2.46. The molecule has 5 nitrogen and oxygen atoms in total. The first-order valence-corrected chi connectivity index (χ1v) is 17.3. The van der Waals surface area contributed by atoms with Gasteiger partial charge in [-0.05, 0) is 46.7 Å². The van der Waals surface area contributed by atoms with Crippen molar-refractivity contribution >= 4 is 53.4 Å². The molecule has 0 saturated heterocycles. The molecule has 0 aliphatic rings. The van der Waals surface area contributed by atoms with Crippen LogP contribution in [0.2, 0.25) is 0 Å². The lowest BCUT2D eigenvalue weighted by atomic mass is 9.93. The van der Waals surface area contributed by atoms with E-state index in [4.69, 9.17) is 24.4 Å². The summed E-state index contributed by atoms with van der Waals surface area (Å²) in [7, 11) is 0. The van der Waals surface area contributed by atoms with Gasteiger partial charge in [0.25, 0.3) is 0 Å². The standard InChI is InChI=1S/C44H26N4OS/c1-4-14-27(15-5-1)41-46-42(28-16-6-2-7-17-28)48-43(47-41)34-25-31(24-30-20-10-11-21-32(30)34)38-39-33-22-12-13-23-36(33)50-37(39)26-35-40(38)45-44(49-35)29-18-8-3-9-19-29/h1-26H. The fraction of sp³-hybridized carbons (Fsp3) is 0. The SMILES string of the molecule is c1ccc(-c2nc(-c3ccccc3)nc(-c3cc(-c4c5nc(-c6ccccc6)oc5cc5sc6ccccc6c45)cc4ccccc34)n2)cc1. The van der Waals surface area contributed by atoms with Crippen molar-refractivity contribution < 1.29 is 4.42 Å². The number of rotatable bonds is 5. The zero-order valence-corrected chi connectivity index (χ0v) is 27.4. The Kier molecular flexibility index (Phi) is 6.60. The Labute approximate surface area is 291 Å². The van der Waals surface area contributed by atoms with E-state index < -0.39 is 0 Å². The summed E-state index contributed by atoms with van der Waals surface area (Å²) in [6, 6.07) is 53.9. The van der Waals surface area contributed by atoms with Gasteiger partial charge in [-0.25, -0.2) is 19.9 Å². The van der Waals surface area contributed by atoms with Gasteiger partial charge < -0.3 is 4.42 Å². The molecule has 6 heteroatoms. The Morgan fingerprint density at radius 3 is 1.72 bits per heavy atom. The first-order chi connectivity index (χ1) is 24.8. The van der Waals surface area contributed by atoms with E-state index in [0.29, 0.717) is 23.4 Å². The van der Waals surface area contributed by atoms with E-state index in [2.05, 4.69) is 66.7 Å². The van der Waals surface area contributed by atoms with E-state index in [1.807, 2.05) is 91.0 Å². The molecule has 10 rings (SSSR count). The Morgan fingerprint density at radius 2 is 1.02 bits per heavy atom. The van der Waals surface area contributed by atoms with Gasteiger partial charge in [0, 0.05) is 54.1 Å². The number of aromatic nitrogens is 4. The van der Waals surface area contributed by atoms with Crippen LogP contribution in [0, 0.1) is 0 Å². The van der Waals surface area contributed by atoms with Gasteiger partial charge >= 0.3 is 0 Å². The molecule has 0 N–H and O–H groups in total. The third-order valence-corrected chi connectivity index (χ3v) is 10.3. The second kappa shape index (κ2) is 11.6. The van der Waals surface area contributed by atoms with Crippen molar-refractivity contribution in [3.63, 3.8) is 0 Å². The topological polar surface area (TPSA) is 64.7 Å². The van der Waals surface area contributed by atoms with Crippen molar-refractivity contribution in [2.75, 3.05) is 0 Å². The van der Waals surface area contributed by atoms with E-state index in [0.717, 1.165) is 65.3 Å². The molecular weight excluding hydrogens is 633 g/mol. The summed E-state index contributed by atoms with van der Waals surface area (Å²) < 4.78 is 8.89. The minimum absolute atomic E-state index is 0.599. The van der Waals surface area contributed by atoms with Gasteiger partial charge in [-0.3, -0.25) is 0 Å². The normalized spacial score (nSPS) is 11.6. The van der Waals surface area contributed by atoms with Crippen LogP contribution in [0.3, 0.4) is 0 Å². The van der Waals surface area contributed by atoms with Gasteiger partial charge in [-0.15, -0.1) is 11.3 Å². The van der Waals surface area contributed by atoms with Crippen molar-refractivity contribution in [1.29, 1.82) is 0 Å². The van der Waals surface area contributed by atoms with E-state index >= 15 is 0 Å². The van der Waals surface area contributed by atoms with Crippen molar-refractivity contribution in [1.82, 2.24) is 19.9 Å². The predicted octanol–water partition coefficient (Wildman–Crippen LogP) is 11.9.